The molecule has 1 amide bonds. The summed E-state index contributed by atoms with van der Waals surface area (Å²) in [6.07, 6.45) is 4.43. The molecule has 39 heavy (non-hydrogen) atoms. The molecule has 2 aromatic carbocycles. The van der Waals surface area contributed by atoms with Gasteiger partial charge in [-0.1, -0.05) is 18.2 Å². The first-order chi connectivity index (χ1) is 18.7. The number of hydrogen-bond acceptors (Lipinski definition) is 6. The van der Waals surface area contributed by atoms with Crippen molar-refractivity contribution in [3.8, 4) is 16.9 Å². The van der Waals surface area contributed by atoms with Gasteiger partial charge in [-0.15, -0.1) is 0 Å². The molecular weight excluding hydrogens is 499 g/mol. The van der Waals surface area contributed by atoms with Crippen molar-refractivity contribution in [1.29, 1.82) is 0 Å². The van der Waals surface area contributed by atoms with Gasteiger partial charge >= 0.3 is 0 Å². The molecule has 2 aromatic rings. The van der Waals surface area contributed by atoms with E-state index in [4.69, 9.17) is 15.2 Å². The molecule has 0 aromatic heterocycles. The van der Waals surface area contributed by atoms with Gasteiger partial charge in [0.05, 0.1) is 18.8 Å². The standard InChI is InChI=1S/C31H43FN2O5/c1-20-14-21(16-23(15-20)39-3)29-24(8-6-10-26(29)32)31(37,11-4-5-13-38-2)25-9-7-12-34(19-35)30(25)22-17-27(33)28(36)18-22/h6,8,10,14-16,19,22,25,27-28,30,36-37H,4-5,7,9,11-13,17-18,33H2,1-3H3/t22-,25+,27+,28-,30?,31+/m0/s1. The maximum absolute atomic E-state index is 15.8. The minimum atomic E-state index is -1.44. The van der Waals surface area contributed by atoms with Crippen LogP contribution in [0.4, 0.5) is 4.39 Å². The molecule has 1 heterocycles. The summed E-state index contributed by atoms with van der Waals surface area (Å²) in [6.45, 7) is 3.06. The number of methoxy groups -OCH3 is 2. The van der Waals surface area contributed by atoms with Gasteiger partial charge in [-0.05, 0) is 92.7 Å². The monoisotopic (exact) mass is 542 g/mol. The van der Waals surface area contributed by atoms with E-state index in [2.05, 4.69) is 0 Å². The highest BCUT2D eigenvalue weighted by Gasteiger charge is 2.51. The van der Waals surface area contributed by atoms with Crippen LogP contribution in [-0.4, -0.2) is 67.1 Å². The van der Waals surface area contributed by atoms with E-state index in [0.29, 0.717) is 67.7 Å². The lowest BCUT2D eigenvalue weighted by Crippen LogP contribution is -2.55. The lowest BCUT2D eigenvalue weighted by atomic mass is 9.66. The molecule has 0 radical (unpaired) electrons. The quantitative estimate of drug-likeness (QED) is 0.291. The zero-order chi connectivity index (χ0) is 28.2. The first-order valence-corrected chi connectivity index (χ1v) is 14.0. The number of aryl methyl sites for hydroxylation is 1. The van der Waals surface area contributed by atoms with E-state index in [9.17, 15) is 15.0 Å². The van der Waals surface area contributed by atoms with Crippen molar-refractivity contribution in [2.75, 3.05) is 27.4 Å². The third-order valence-corrected chi connectivity index (χ3v) is 8.78. The maximum Gasteiger partial charge on any atom is 0.209 e. The minimum absolute atomic E-state index is 0.0629. The van der Waals surface area contributed by atoms with Gasteiger partial charge in [-0.2, -0.15) is 0 Å². The number of ether oxygens (including phenoxy) is 2. The highest BCUT2D eigenvalue weighted by atomic mass is 19.1. The van der Waals surface area contributed by atoms with E-state index in [1.165, 1.54) is 6.07 Å². The van der Waals surface area contributed by atoms with E-state index in [1.54, 1.807) is 31.3 Å². The van der Waals surface area contributed by atoms with Crippen LogP contribution in [0, 0.1) is 24.6 Å². The second kappa shape index (κ2) is 12.8. The average molecular weight is 543 g/mol. The molecule has 4 rings (SSSR count). The highest BCUT2D eigenvalue weighted by Crippen LogP contribution is 2.50. The first kappa shape index (κ1) is 29.5. The predicted octanol–water partition coefficient (Wildman–Crippen LogP) is 4.15. The van der Waals surface area contributed by atoms with E-state index in [1.807, 2.05) is 25.1 Å². The summed E-state index contributed by atoms with van der Waals surface area (Å²) in [4.78, 5) is 14.1. The highest BCUT2D eigenvalue weighted by molar-refractivity contribution is 5.71. The number of nitrogens with two attached hydrogens (primary N) is 1. The Labute approximate surface area is 231 Å². The summed E-state index contributed by atoms with van der Waals surface area (Å²) in [5.74, 6) is -0.242. The van der Waals surface area contributed by atoms with Crippen molar-refractivity contribution >= 4 is 6.41 Å². The molecule has 1 saturated heterocycles. The molecule has 1 aliphatic heterocycles. The van der Waals surface area contributed by atoms with Gasteiger partial charge in [0.25, 0.3) is 0 Å². The van der Waals surface area contributed by atoms with Crippen LogP contribution in [0.15, 0.2) is 36.4 Å². The third kappa shape index (κ3) is 6.14. The van der Waals surface area contributed by atoms with Crippen LogP contribution in [0.1, 0.15) is 56.1 Å². The molecule has 1 aliphatic carbocycles. The van der Waals surface area contributed by atoms with Crippen LogP contribution in [-0.2, 0) is 15.1 Å². The third-order valence-electron chi connectivity index (χ3n) is 8.78. The number of nitrogens with zero attached hydrogens (tertiary/aromatic N) is 1. The summed E-state index contributed by atoms with van der Waals surface area (Å²) in [6, 6.07) is 9.76. The number of halogens is 1. The summed E-state index contributed by atoms with van der Waals surface area (Å²) >= 11 is 0. The molecule has 2 fully saturated rings. The number of aliphatic hydroxyl groups excluding tert-OH is 1. The Balaban J connectivity index is 1.87. The van der Waals surface area contributed by atoms with E-state index in [0.717, 1.165) is 24.8 Å². The second-order valence-electron chi connectivity index (χ2n) is 11.3. The largest absolute Gasteiger partial charge is 0.497 e. The smallest absolute Gasteiger partial charge is 0.209 e. The average Bonchev–Trinajstić information content (AvgIpc) is 3.27. The molecule has 1 unspecified atom stereocenters. The fourth-order valence-corrected chi connectivity index (χ4v) is 7.00. The Kier molecular flexibility index (Phi) is 9.64. The lowest BCUT2D eigenvalue weighted by Gasteiger charge is -2.50. The number of piperidine rings is 1. The van der Waals surface area contributed by atoms with Crippen molar-refractivity contribution in [2.24, 2.45) is 17.6 Å². The lowest BCUT2D eigenvalue weighted by molar-refractivity contribution is -0.136. The Morgan fingerprint density at radius 2 is 2.00 bits per heavy atom. The summed E-state index contributed by atoms with van der Waals surface area (Å²) in [7, 11) is 3.23. The number of likely N-dealkylation sites (tertiary alicyclic amines) is 1. The van der Waals surface area contributed by atoms with Crippen LogP contribution in [0.2, 0.25) is 0 Å². The van der Waals surface area contributed by atoms with Crippen LogP contribution in [0.25, 0.3) is 11.1 Å². The normalized spacial score (nSPS) is 26.8. The number of benzene rings is 2. The minimum Gasteiger partial charge on any atom is -0.497 e. The van der Waals surface area contributed by atoms with Crippen molar-refractivity contribution in [3.05, 3.63) is 53.3 Å². The Hall–Kier alpha value is -2.52. The van der Waals surface area contributed by atoms with Gasteiger partial charge in [-0.3, -0.25) is 4.79 Å². The Bertz CT molecular complexity index is 1120. The zero-order valence-corrected chi connectivity index (χ0v) is 23.3. The summed E-state index contributed by atoms with van der Waals surface area (Å²) in [5.41, 5.74) is 7.18. The topological polar surface area (TPSA) is 105 Å². The molecule has 214 valence electrons. The van der Waals surface area contributed by atoms with Crippen molar-refractivity contribution in [3.63, 3.8) is 0 Å². The molecule has 8 heteroatoms. The van der Waals surface area contributed by atoms with Crippen LogP contribution in [0.3, 0.4) is 0 Å². The number of unbranched alkanes of at least 4 members (excludes halogenated alkanes) is 1. The van der Waals surface area contributed by atoms with Crippen molar-refractivity contribution in [2.45, 2.75) is 75.7 Å². The maximum atomic E-state index is 15.8. The van der Waals surface area contributed by atoms with E-state index in [-0.39, 0.29) is 23.9 Å². The van der Waals surface area contributed by atoms with Crippen LogP contribution >= 0.6 is 0 Å². The van der Waals surface area contributed by atoms with E-state index < -0.39 is 17.5 Å². The fraction of sp³-hybridized carbons (Fsp3) is 0.581. The predicted molar refractivity (Wildman–Crippen MR) is 149 cm³/mol. The molecule has 0 spiro atoms. The van der Waals surface area contributed by atoms with Gasteiger partial charge < -0.3 is 30.3 Å². The number of rotatable bonds is 11. The number of amides is 1. The fourth-order valence-electron chi connectivity index (χ4n) is 7.00. The molecular formula is C31H43FN2O5. The van der Waals surface area contributed by atoms with E-state index >= 15 is 4.39 Å². The van der Waals surface area contributed by atoms with Gasteiger partial charge in [0, 0.05) is 43.8 Å². The number of carbonyl (C=O) groups is 1. The van der Waals surface area contributed by atoms with Gasteiger partial charge in [0.1, 0.15) is 11.6 Å². The van der Waals surface area contributed by atoms with Crippen molar-refractivity contribution in [1.82, 2.24) is 4.90 Å². The van der Waals surface area contributed by atoms with Gasteiger partial charge in [0.2, 0.25) is 6.41 Å². The molecule has 7 nitrogen and oxygen atoms in total. The summed E-state index contributed by atoms with van der Waals surface area (Å²) < 4.78 is 26.6. The van der Waals surface area contributed by atoms with Crippen LogP contribution < -0.4 is 10.5 Å². The zero-order valence-electron chi connectivity index (χ0n) is 23.3. The first-order valence-electron chi connectivity index (χ1n) is 14.0. The molecule has 6 atom stereocenters. The number of aliphatic hydroxyl groups is 2. The molecule has 4 N–H and O–H groups in total. The molecule has 1 saturated carbocycles. The molecule has 0 bridgehead atoms. The second-order valence-corrected chi connectivity index (χ2v) is 11.3. The van der Waals surface area contributed by atoms with Crippen LogP contribution in [0.5, 0.6) is 5.75 Å². The number of carbonyl (C=O) groups excluding carboxylic acids is 1. The van der Waals surface area contributed by atoms with Gasteiger partial charge in [0.15, 0.2) is 0 Å². The Morgan fingerprint density at radius 1 is 1.21 bits per heavy atom. The Morgan fingerprint density at radius 3 is 2.67 bits per heavy atom. The summed E-state index contributed by atoms with van der Waals surface area (Å²) in [5, 5.41) is 23.4. The number of hydrogen-bond donors (Lipinski definition) is 3. The molecule has 2 aliphatic rings. The van der Waals surface area contributed by atoms with Gasteiger partial charge in [-0.25, -0.2) is 4.39 Å². The SMILES string of the molecule is COCCCC[C@@](O)(c1cccc(F)c1-c1cc(C)cc(OC)c1)[C@@H]1CCCN(C=O)C1[C@H]1C[C@@H](N)[C@@H](O)C1. The van der Waals surface area contributed by atoms with Crippen molar-refractivity contribution < 1.29 is 28.9 Å².